The molecule has 0 amide bonds. The fourth-order valence-corrected chi connectivity index (χ4v) is 1.58. The van der Waals surface area contributed by atoms with Gasteiger partial charge >= 0.3 is 0 Å². The van der Waals surface area contributed by atoms with Crippen LogP contribution in [0.2, 0.25) is 0 Å². The predicted octanol–water partition coefficient (Wildman–Crippen LogP) is 2.50. The summed E-state index contributed by atoms with van der Waals surface area (Å²) < 4.78 is 12.9. The number of aromatic nitrogens is 1. The van der Waals surface area contributed by atoms with Gasteiger partial charge in [0.15, 0.2) is 0 Å². The van der Waals surface area contributed by atoms with Gasteiger partial charge in [-0.15, -0.1) is 0 Å². The summed E-state index contributed by atoms with van der Waals surface area (Å²) in [6.45, 7) is 0. The number of nitrogens with zero attached hydrogens (tertiary/aromatic N) is 1. The number of halogens is 1. The van der Waals surface area contributed by atoms with E-state index in [1.165, 1.54) is 12.1 Å². The van der Waals surface area contributed by atoms with Crippen LogP contribution < -0.4 is 0 Å². The maximum Gasteiger partial charge on any atom is 0.123 e. The maximum absolute atomic E-state index is 12.9. The van der Waals surface area contributed by atoms with E-state index in [0.29, 0.717) is 6.42 Å². The van der Waals surface area contributed by atoms with Crippen LogP contribution in [0.25, 0.3) is 0 Å². The molecular weight excluding hydrogens is 205 g/mol. The second kappa shape index (κ2) is 4.86. The van der Waals surface area contributed by atoms with Crippen molar-refractivity contribution in [3.8, 4) is 0 Å². The lowest BCUT2D eigenvalue weighted by atomic mass is 10.0. The molecule has 82 valence electrons. The Bertz CT molecular complexity index is 458. The molecule has 3 heteroatoms. The molecule has 16 heavy (non-hydrogen) atoms. The van der Waals surface area contributed by atoms with E-state index < -0.39 is 6.10 Å². The lowest BCUT2D eigenvalue weighted by molar-refractivity contribution is 0.178. The molecule has 1 aromatic carbocycles. The minimum atomic E-state index is -0.643. The summed E-state index contributed by atoms with van der Waals surface area (Å²) in [6.07, 6.45) is 3.02. The Kier molecular flexibility index (Phi) is 3.27. The van der Waals surface area contributed by atoms with Crippen LogP contribution in [-0.2, 0) is 6.42 Å². The SMILES string of the molecule is OC(Cc1cccc(F)c1)c1cccnc1. The fraction of sp³-hybridized carbons (Fsp3) is 0.154. The third kappa shape index (κ3) is 2.64. The monoisotopic (exact) mass is 217 g/mol. The Morgan fingerprint density at radius 1 is 1.25 bits per heavy atom. The van der Waals surface area contributed by atoms with E-state index in [0.717, 1.165) is 11.1 Å². The summed E-state index contributed by atoms with van der Waals surface area (Å²) in [6, 6.07) is 9.82. The highest BCUT2D eigenvalue weighted by atomic mass is 19.1. The zero-order valence-corrected chi connectivity index (χ0v) is 8.68. The van der Waals surface area contributed by atoms with Crippen molar-refractivity contribution in [2.45, 2.75) is 12.5 Å². The number of hydrogen-bond acceptors (Lipinski definition) is 2. The van der Waals surface area contributed by atoms with E-state index in [9.17, 15) is 9.50 Å². The first-order chi connectivity index (χ1) is 7.75. The number of pyridine rings is 1. The highest BCUT2D eigenvalue weighted by molar-refractivity contribution is 5.20. The van der Waals surface area contributed by atoms with Crippen LogP contribution in [0.15, 0.2) is 48.8 Å². The third-order valence-corrected chi connectivity index (χ3v) is 2.39. The van der Waals surface area contributed by atoms with Crippen LogP contribution in [0.3, 0.4) is 0 Å². The zero-order valence-electron chi connectivity index (χ0n) is 8.68. The first kappa shape index (κ1) is 10.8. The fourth-order valence-electron chi connectivity index (χ4n) is 1.58. The first-order valence-corrected chi connectivity index (χ1v) is 5.08. The van der Waals surface area contributed by atoms with Crippen molar-refractivity contribution in [1.82, 2.24) is 4.98 Å². The molecule has 0 fully saturated rings. The highest BCUT2D eigenvalue weighted by Gasteiger charge is 2.08. The van der Waals surface area contributed by atoms with Crippen LogP contribution in [-0.4, -0.2) is 10.1 Å². The van der Waals surface area contributed by atoms with E-state index in [-0.39, 0.29) is 5.82 Å². The van der Waals surface area contributed by atoms with E-state index >= 15 is 0 Å². The maximum atomic E-state index is 12.9. The van der Waals surface area contributed by atoms with Crippen molar-refractivity contribution in [3.05, 3.63) is 65.7 Å². The first-order valence-electron chi connectivity index (χ1n) is 5.08. The quantitative estimate of drug-likeness (QED) is 0.856. The minimum Gasteiger partial charge on any atom is -0.388 e. The lowest BCUT2D eigenvalue weighted by Gasteiger charge is -2.10. The van der Waals surface area contributed by atoms with Gasteiger partial charge in [-0.25, -0.2) is 4.39 Å². The molecule has 0 aliphatic heterocycles. The molecule has 0 spiro atoms. The van der Waals surface area contributed by atoms with Crippen LogP contribution >= 0.6 is 0 Å². The van der Waals surface area contributed by atoms with Gasteiger partial charge in [-0.3, -0.25) is 4.98 Å². The number of aliphatic hydroxyl groups is 1. The molecule has 1 unspecified atom stereocenters. The molecule has 0 bridgehead atoms. The zero-order chi connectivity index (χ0) is 11.4. The predicted molar refractivity (Wildman–Crippen MR) is 59.3 cm³/mol. The lowest BCUT2D eigenvalue weighted by Crippen LogP contribution is -2.02. The Hall–Kier alpha value is -1.74. The normalized spacial score (nSPS) is 12.4. The van der Waals surface area contributed by atoms with Gasteiger partial charge in [0, 0.05) is 18.8 Å². The Morgan fingerprint density at radius 3 is 2.81 bits per heavy atom. The average molecular weight is 217 g/mol. The molecule has 1 atom stereocenters. The standard InChI is InChI=1S/C13H12FNO/c14-12-5-1-3-10(7-12)8-13(16)11-4-2-6-15-9-11/h1-7,9,13,16H,8H2. The van der Waals surface area contributed by atoms with Crippen molar-refractivity contribution in [2.24, 2.45) is 0 Å². The molecule has 0 aliphatic carbocycles. The topological polar surface area (TPSA) is 33.1 Å². The second-order valence-electron chi connectivity index (χ2n) is 3.64. The van der Waals surface area contributed by atoms with Crippen LogP contribution in [0.4, 0.5) is 4.39 Å². The summed E-state index contributed by atoms with van der Waals surface area (Å²) in [7, 11) is 0. The molecule has 1 heterocycles. The molecule has 0 aliphatic rings. The largest absolute Gasteiger partial charge is 0.388 e. The molecule has 0 saturated carbocycles. The van der Waals surface area contributed by atoms with Gasteiger partial charge in [0.1, 0.15) is 5.82 Å². The second-order valence-corrected chi connectivity index (χ2v) is 3.64. The van der Waals surface area contributed by atoms with E-state index in [2.05, 4.69) is 4.98 Å². The van der Waals surface area contributed by atoms with Gasteiger partial charge in [0.25, 0.3) is 0 Å². The molecule has 0 radical (unpaired) electrons. The summed E-state index contributed by atoms with van der Waals surface area (Å²) in [5, 5.41) is 9.90. The van der Waals surface area contributed by atoms with E-state index in [1.54, 1.807) is 36.7 Å². The van der Waals surface area contributed by atoms with Crippen molar-refractivity contribution < 1.29 is 9.50 Å². The van der Waals surface area contributed by atoms with Gasteiger partial charge < -0.3 is 5.11 Å². The average Bonchev–Trinajstić information content (AvgIpc) is 2.30. The molecule has 2 nitrogen and oxygen atoms in total. The van der Waals surface area contributed by atoms with E-state index in [4.69, 9.17) is 0 Å². The molecule has 1 N–H and O–H groups in total. The van der Waals surface area contributed by atoms with Crippen LogP contribution in [0.5, 0.6) is 0 Å². The summed E-state index contributed by atoms with van der Waals surface area (Å²) >= 11 is 0. The van der Waals surface area contributed by atoms with Gasteiger partial charge in [0.05, 0.1) is 6.10 Å². The molecule has 1 aromatic heterocycles. The summed E-state index contributed by atoms with van der Waals surface area (Å²) in [4.78, 5) is 3.93. The minimum absolute atomic E-state index is 0.282. The van der Waals surface area contributed by atoms with Crippen molar-refractivity contribution in [1.29, 1.82) is 0 Å². The molecule has 2 aromatic rings. The van der Waals surface area contributed by atoms with Gasteiger partial charge in [-0.1, -0.05) is 18.2 Å². The number of benzene rings is 1. The van der Waals surface area contributed by atoms with Crippen molar-refractivity contribution in [2.75, 3.05) is 0 Å². The molecule has 2 rings (SSSR count). The van der Waals surface area contributed by atoms with Crippen LogP contribution in [0, 0.1) is 5.82 Å². The molecular formula is C13H12FNO. The highest BCUT2D eigenvalue weighted by Crippen LogP contribution is 2.17. The van der Waals surface area contributed by atoms with Gasteiger partial charge in [-0.2, -0.15) is 0 Å². The van der Waals surface area contributed by atoms with Gasteiger partial charge in [-0.05, 0) is 29.3 Å². The van der Waals surface area contributed by atoms with Crippen molar-refractivity contribution >= 4 is 0 Å². The molecule has 0 saturated heterocycles. The van der Waals surface area contributed by atoms with E-state index in [1.807, 2.05) is 0 Å². The number of aliphatic hydroxyl groups excluding tert-OH is 1. The summed E-state index contributed by atoms with van der Waals surface area (Å²) in [5.74, 6) is -0.282. The Labute approximate surface area is 93.4 Å². The summed E-state index contributed by atoms with van der Waals surface area (Å²) in [5.41, 5.74) is 1.52. The Balaban J connectivity index is 2.11. The van der Waals surface area contributed by atoms with Crippen LogP contribution in [0.1, 0.15) is 17.2 Å². The number of hydrogen-bond donors (Lipinski definition) is 1. The van der Waals surface area contributed by atoms with Gasteiger partial charge in [0.2, 0.25) is 0 Å². The smallest absolute Gasteiger partial charge is 0.123 e. The third-order valence-electron chi connectivity index (χ3n) is 2.39. The van der Waals surface area contributed by atoms with Crippen molar-refractivity contribution in [3.63, 3.8) is 0 Å². The number of rotatable bonds is 3. The Morgan fingerprint density at radius 2 is 2.12 bits per heavy atom.